The summed E-state index contributed by atoms with van der Waals surface area (Å²) in [6, 6.07) is 5.28. The molecule has 5 rings (SSSR count). The normalized spacial score (nSPS) is 19.1. The lowest BCUT2D eigenvalue weighted by Crippen LogP contribution is -2.52. The van der Waals surface area contributed by atoms with E-state index in [2.05, 4.69) is 22.5 Å². The van der Waals surface area contributed by atoms with E-state index in [0.29, 0.717) is 70.0 Å². The van der Waals surface area contributed by atoms with Crippen molar-refractivity contribution in [3.63, 3.8) is 0 Å². The van der Waals surface area contributed by atoms with Crippen molar-refractivity contribution in [2.75, 3.05) is 44.6 Å². The Morgan fingerprint density at radius 2 is 1.83 bits per heavy atom. The first-order chi connectivity index (χ1) is 19.9. The van der Waals surface area contributed by atoms with Crippen LogP contribution in [0.25, 0.3) is 22.0 Å². The van der Waals surface area contributed by atoms with E-state index in [4.69, 9.17) is 47.4 Å². The fraction of sp³-hybridized carbons (Fsp3) is 0.433. The number of hydrogen-bond acceptors (Lipinski definition) is 8. The van der Waals surface area contributed by atoms with Crippen molar-refractivity contribution < 1.29 is 19.0 Å². The Morgan fingerprint density at radius 3 is 2.51 bits per heavy atom. The highest BCUT2D eigenvalue weighted by molar-refractivity contribution is 6.41. The summed E-state index contributed by atoms with van der Waals surface area (Å²) in [5, 5.41) is 12.5. The Labute approximate surface area is 250 Å². The second-order valence-corrected chi connectivity index (χ2v) is 11.2. The highest BCUT2D eigenvalue weighted by Gasteiger charge is 2.27. The molecule has 218 valence electrons. The molecule has 0 bridgehead atoms. The third kappa shape index (κ3) is 6.47. The topological polar surface area (TPSA) is 107 Å². The van der Waals surface area contributed by atoms with Crippen molar-refractivity contribution in [3.8, 4) is 22.8 Å². The minimum absolute atomic E-state index is 0.112. The van der Waals surface area contributed by atoms with E-state index >= 15 is 0 Å². The van der Waals surface area contributed by atoms with Crippen LogP contribution in [-0.4, -0.2) is 61.9 Å². The molecule has 9 nitrogen and oxygen atoms in total. The van der Waals surface area contributed by atoms with E-state index in [9.17, 15) is 4.79 Å². The Balaban J connectivity index is 1.54. The van der Waals surface area contributed by atoms with E-state index in [1.54, 1.807) is 26.5 Å². The minimum Gasteiger partial charge on any atom is -0.495 e. The second kappa shape index (κ2) is 13.1. The van der Waals surface area contributed by atoms with Crippen LogP contribution in [0.3, 0.4) is 0 Å². The van der Waals surface area contributed by atoms with Gasteiger partial charge in [-0.25, -0.2) is 9.97 Å². The summed E-state index contributed by atoms with van der Waals surface area (Å²) in [5.74, 6) is 2.62. The number of methoxy groups -OCH3 is 2. The number of halogens is 2. The highest BCUT2D eigenvalue weighted by Crippen LogP contribution is 2.46. The molecule has 0 radical (unpaired) electrons. The summed E-state index contributed by atoms with van der Waals surface area (Å²) in [6.45, 7) is 5.40. The van der Waals surface area contributed by atoms with Crippen LogP contribution in [-0.2, 0) is 9.53 Å². The molecule has 11 heteroatoms. The van der Waals surface area contributed by atoms with E-state index in [1.807, 2.05) is 12.1 Å². The van der Waals surface area contributed by atoms with Gasteiger partial charge in [-0.15, -0.1) is 0 Å². The van der Waals surface area contributed by atoms with Gasteiger partial charge in [0.25, 0.3) is 0 Å². The van der Waals surface area contributed by atoms with Gasteiger partial charge < -0.3 is 30.2 Å². The maximum atomic E-state index is 12.0. The number of carbonyl (C=O) groups is 1. The van der Waals surface area contributed by atoms with Gasteiger partial charge in [-0.3, -0.25) is 4.79 Å². The molecular weight excluding hydrogens is 565 g/mol. The van der Waals surface area contributed by atoms with Gasteiger partial charge in [-0.2, -0.15) is 0 Å². The molecule has 1 aromatic carbocycles. The number of ether oxygens (including phenoxy) is 3. The van der Waals surface area contributed by atoms with E-state index in [1.165, 1.54) is 31.8 Å². The number of aromatic nitrogens is 2. The Kier molecular flexibility index (Phi) is 9.37. The van der Waals surface area contributed by atoms with Gasteiger partial charge in [0, 0.05) is 41.8 Å². The Hall–Kier alpha value is -3.27. The van der Waals surface area contributed by atoms with Crippen LogP contribution in [0.1, 0.15) is 32.1 Å². The maximum absolute atomic E-state index is 12.0. The van der Waals surface area contributed by atoms with Crippen LogP contribution in [0.4, 0.5) is 11.6 Å². The van der Waals surface area contributed by atoms with Gasteiger partial charge >= 0.3 is 0 Å². The van der Waals surface area contributed by atoms with Gasteiger partial charge in [0.05, 0.1) is 48.6 Å². The fourth-order valence-corrected chi connectivity index (χ4v) is 6.23. The molecule has 3 N–H and O–H groups in total. The SMILES string of the molecule is C=CC(=O)N[C@H]1CCOC[C@H]1Nc1cc2c(NCC3CCCC3)nc(-c3c(Cl)c(OC)cc(OC)c3Cl)cc2cn1. The number of amides is 1. The number of carbonyl (C=O) groups excluding carboxylic acids is 1. The Morgan fingerprint density at radius 1 is 1.10 bits per heavy atom. The van der Waals surface area contributed by atoms with E-state index < -0.39 is 0 Å². The number of hydrogen-bond donors (Lipinski definition) is 3. The summed E-state index contributed by atoms with van der Waals surface area (Å²) in [5.41, 5.74) is 1.10. The first-order valence-electron chi connectivity index (χ1n) is 13.8. The lowest BCUT2D eigenvalue weighted by molar-refractivity contribution is -0.117. The van der Waals surface area contributed by atoms with Gasteiger partial charge in [-0.05, 0) is 43.4 Å². The van der Waals surface area contributed by atoms with Gasteiger partial charge in [-0.1, -0.05) is 42.6 Å². The van der Waals surface area contributed by atoms with Crippen molar-refractivity contribution in [1.29, 1.82) is 0 Å². The molecule has 2 atom stereocenters. The van der Waals surface area contributed by atoms with E-state index in [-0.39, 0.29) is 18.0 Å². The van der Waals surface area contributed by atoms with Crippen LogP contribution >= 0.6 is 23.2 Å². The maximum Gasteiger partial charge on any atom is 0.243 e. The smallest absolute Gasteiger partial charge is 0.243 e. The van der Waals surface area contributed by atoms with Crippen molar-refractivity contribution >= 4 is 51.5 Å². The monoisotopic (exact) mass is 599 g/mol. The average molecular weight is 601 g/mol. The summed E-state index contributed by atoms with van der Waals surface area (Å²) >= 11 is 13.5. The predicted octanol–water partition coefficient (Wildman–Crippen LogP) is 6.09. The van der Waals surface area contributed by atoms with Crippen LogP contribution in [0.5, 0.6) is 11.5 Å². The van der Waals surface area contributed by atoms with Gasteiger partial charge in [0.15, 0.2) is 0 Å². The van der Waals surface area contributed by atoms with Crippen LogP contribution in [0, 0.1) is 5.92 Å². The fourth-order valence-electron chi connectivity index (χ4n) is 5.54. The van der Waals surface area contributed by atoms with E-state index in [0.717, 1.165) is 17.3 Å². The molecular formula is C30H35Cl2N5O4. The number of pyridine rings is 2. The lowest BCUT2D eigenvalue weighted by Gasteiger charge is -2.32. The second-order valence-electron chi connectivity index (χ2n) is 10.4. The van der Waals surface area contributed by atoms with Crippen molar-refractivity contribution in [3.05, 3.63) is 47.1 Å². The molecule has 1 aliphatic carbocycles. The third-order valence-corrected chi connectivity index (χ3v) is 8.53. The van der Waals surface area contributed by atoms with Crippen molar-refractivity contribution in [1.82, 2.24) is 15.3 Å². The number of nitrogens with zero attached hydrogens (tertiary/aromatic N) is 2. The molecule has 1 saturated carbocycles. The zero-order chi connectivity index (χ0) is 28.9. The van der Waals surface area contributed by atoms with Crippen LogP contribution in [0.2, 0.25) is 10.0 Å². The summed E-state index contributed by atoms with van der Waals surface area (Å²) in [4.78, 5) is 21.7. The predicted molar refractivity (Wildman–Crippen MR) is 164 cm³/mol. The van der Waals surface area contributed by atoms with Crippen molar-refractivity contribution in [2.24, 2.45) is 5.92 Å². The first kappa shape index (κ1) is 29.2. The zero-order valence-electron chi connectivity index (χ0n) is 23.3. The zero-order valence-corrected chi connectivity index (χ0v) is 24.8. The standard InChI is InChI=1S/C30H35Cl2N5O4/c1-4-26(38)36-20-9-10-41-16-22(20)35-25-12-19-18(15-33-25)11-21(37-30(19)34-14-17-7-5-6-8-17)27-28(31)23(39-2)13-24(40-3)29(27)32/h4,11-13,15,17,20,22H,1,5-10,14,16H2,2-3H3,(H,33,35)(H,34,37)(H,36,38)/t20-,22+/m0/s1. The first-order valence-corrected chi connectivity index (χ1v) is 14.6. The number of rotatable bonds is 10. The molecule has 0 unspecified atom stereocenters. The number of anilines is 2. The molecule has 1 saturated heterocycles. The lowest BCUT2D eigenvalue weighted by atomic mass is 10.0. The molecule has 3 aromatic rings. The molecule has 41 heavy (non-hydrogen) atoms. The molecule has 1 aliphatic heterocycles. The minimum atomic E-state index is -0.211. The van der Waals surface area contributed by atoms with Crippen LogP contribution < -0.4 is 25.4 Å². The molecule has 0 spiro atoms. The summed E-state index contributed by atoms with van der Waals surface area (Å²) < 4.78 is 16.7. The van der Waals surface area contributed by atoms with Gasteiger partial charge in [0.2, 0.25) is 5.91 Å². The summed E-state index contributed by atoms with van der Waals surface area (Å²) in [7, 11) is 3.09. The quantitative estimate of drug-likeness (QED) is 0.240. The molecule has 2 aliphatic rings. The molecule has 3 heterocycles. The molecule has 1 amide bonds. The average Bonchev–Trinajstić information content (AvgIpc) is 3.51. The molecule has 2 fully saturated rings. The number of fused-ring (bicyclic) bond motifs is 1. The number of benzene rings is 1. The molecule has 2 aromatic heterocycles. The summed E-state index contributed by atoms with van der Waals surface area (Å²) in [6.07, 6.45) is 8.66. The third-order valence-electron chi connectivity index (χ3n) is 7.78. The Bertz CT molecular complexity index is 1400. The largest absolute Gasteiger partial charge is 0.495 e. The van der Waals surface area contributed by atoms with Gasteiger partial charge in [0.1, 0.15) is 23.1 Å². The van der Waals surface area contributed by atoms with Crippen molar-refractivity contribution in [2.45, 2.75) is 44.2 Å². The van der Waals surface area contributed by atoms with Crippen LogP contribution in [0.15, 0.2) is 37.1 Å². The number of nitrogens with one attached hydrogen (secondary N) is 3. The highest BCUT2D eigenvalue weighted by atomic mass is 35.5.